The Morgan fingerprint density at radius 2 is 1.17 bits per heavy atom. The van der Waals surface area contributed by atoms with Gasteiger partial charge < -0.3 is 104 Å². The van der Waals surface area contributed by atoms with Crippen LogP contribution in [-0.4, -0.2) is 229 Å². The molecule has 10 rings (SSSR count). The lowest BCUT2D eigenvalue weighted by atomic mass is 9.44. The molecule has 1 spiro atoms. The predicted octanol–water partition coefficient (Wildman–Crippen LogP) is -2.70. The minimum absolute atomic E-state index is 0.104. The highest BCUT2D eigenvalue weighted by Gasteiger charge is 2.69. The van der Waals surface area contributed by atoms with Crippen LogP contribution < -0.4 is 5.32 Å². The van der Waals surface area contributed by atoms with Crippen molar-refractivity contribution < 1.29 is 104 Å². The van der Waals surface area contributed by atoms with Crippen LogP contribution in [0.25, 0.3) is 0 Å². The highest BCUT2D eigenvalue weighted by molar-refractivity contribution is 5.16. The first kappa shape index (κ1) is 54.5. The first-order chi connectivity index (χ1) is 34.3. The Morgan fingerprint density at radius 3 is 1.88 bits per heavy atom. The maximum Gasteiger partial charge on any atom is 0.187 e. The van der Waals surface area contributed by atoms with E-state index in [-0.39, 0.29) is 28.8 Å². The number of rotatable bonds is 11. The van der Waals surface area contributed by atoms with Crippen molar-refractivity contribution in [1.29, 1.82) is 0 Å². The minimum Gasteiger partial charge on any atom is -0.394 e. The molecule has 10 aliphatic rings. The topological polar surface area (TPSA) is 338 Å². The number of piperidine rings is 1. The van der Waals surface area contributed by atoms with E-state index in [4.69, 9.17) is 42.6 Å². The van der Waals surface area contributed by atoms with Crippen LogP contribution in [0.2, 0.25) is 0 Å². The second kappa shape index (κ2) is 21.1. The number of hydrogen-bond donors (Lipinski definition) is 13. The summed E-state index contributed by atoms with van der Waals surface area (Å²) < 4.78 is 55.0. The summed E-state index contributed by atoms with van der Waals surface area (Å²) in [5.74, 6) is 3.87. The molecule has 4 aliphatic carbocycles. The fourth-order valence-corrected chi connectivity index (χ4v) is 16.1. The smallest absolute Gasteiger partial charge is 0.187 e. The zero-order chi connectivity index (χ0) is 51.3. The van der Waals surface area contributed by atoms with Gasteiger partial charge in [-0.1, -0.05) is 27.7 Å². The van der Waals surface area contributed by atoms with Gasteiger partial charge in [0, 0.05) is 12.5 Å². The molecule has 0 aromatic carbocycles. The van der Waals surface area contributed by atoms with E-state index in [2.05, 4.69) is 33.0 Å². The fourth-order valence-electron chi connectivity index (χ4n) is 16.1. The Balaban J connectivity index is 0.812. The maximum absolute atomic E-state index is 11.8. The van der Waals surface area contributed by atoms with Crippen LogP contribution in [-0.2, 0) is 42.6 Å². The molecule has 31 atom stereocenters. The molecule has 0 aromatic heterocycles. The lowest BCUT2D eigenvalue weighted by molar-refractivity contribution is -0.404. The SMILES string of the molecule is CC1CCC2(NC1)OC1CC3C4CCC5CC(OC6OC(CO)C(OC7OC(CO)C(O)C(OC8OCC(O)C(O)C8O)C7OC7OC(CO)C(O)C(O)C7O)C(O)C6O)CCC5(C)C4CCC3(C)C1C2C. The average Bonchev–Trinajstić information content (AvgIpc) is 3.82. The molecule has 72 heavy (non-hydrogen) atoms. The van der Waals surface area contributed by atoms with E-state index in [0.29, 0.717) is 47.8 Å². The Kier molecular flexibility index (Phi) is 15.9. The summed E-state index contributed by atoms with van der Waals surface area (Å²) in [6, 6.07) is 0. The van der Waals surface area contributed by atoms with Crippen molar-refractivity contribution in [2.75, 3.05) is 33.0 Å². The normalized spacial score (nSPS) is 57.8. The molecule has 414 valence electrons. The number of hydrogen-bond acceptors (Lipinski definition) is 22. The molecule has 0 bridgehead atoms. The molecule has 4 saturated carbocycles. The largest absolute Gasteiger partial charge is 0.394 e. The Labute approximate surface area is 420 Å². The molecule has 22 nitrogen and oxygen atoms in total. The molecular formula is C50H83NO21. The molecule has 6 saturated heterocycles. The van der Waals surface area contributed by atoms with Gasteiger partial charge in [-0.25, -0.2) is 0 Å². The zero-order valence-electron chi connectivity index (χ0n) is 41.8. The highest BCUT2D eigenvalue weighted by Crippen LogP contribution is 2.71. The van der Waals surface area contributed by atoms with Crippen LogP contribution in [0.5, 0.6) is 0 Å². The Hall–Kier alpha value is -0.880. The van der Waals surface area contributed by atoms with E-state index in [1.165, 1.54) is 19.3 Å². The van der Waals surface area contributed by atoms with Gasteiger partial charge in [0.25, 0.3) is 0 Å². The summed E-state index contributed by atoms with van der Waals surface area (Å²) in [6.07, 6.45) is -22.4. The van der Waals surface area contributed by atoms with E-state index in [0.717, 1.165) is 45.1 Å². The number of aliphatic hydroxyl groups is 12. The van der Waals surface area contributed by atoms with E-state index < -0.39 is 143 Å². The van der Waals surface area contributed by atoms with Gasteiger partial charge in [-0.05, 0) is 111 Å². The fraction of sp³-hybridized carbons (Fsp3) is 1.00. The van der Waals surface area contributed by atoms with E-state index >= 15 is 0 Å². The third-order valence-electron chi connectivity index (χ3n) is 20.2. The van der Waals surface area contributed by atoms with Crippen molar-refractivity contribution >= 4 is 0 Å². The van der Waals surface area contributed by atoms with Crippen molar-refractivity contribution in [2.24, 2.45) is 52.3 Å². The first-order valence-corrected chi connectivity index (χ1v) is 26.8. The van der Waals surface area contributed by atoms with Crippen molar-refractivity contribution in [3.05, 3.63) is 0 Å². The summed E-state index contributed by atoms with van der Waals surface area (Å²) in [5, 5.41) is 133. The number of fused-ring (bicyclic) bond motifs is 7. The molecule has 13 N–H and O–H groups in total. The van der Waals surface area contributed by atoms with Crippen LogP contribution in [0.1, 0.15) is 91.9 Å². The van der Waals surface area contributed by atoms with Crippen molar-refractivity contribution in [1.82, 2.24) is 5.32 Å². The van der Waals surface area contributed by atoms with Gasteiger partial charge in [0.15, 0.2) is 25.2 Å². The molecule has 0 amide bonds. The average molecular weight is 1030 g/mol. The molecule has 22 heteroatoms. The summed E-state index contributed by atoms with van der Waals surface area (Å²) in [5.41, 5.74) is 0.147. The van der Waals surface area contributed by atoms with Gasteiger partial charge in [-0.15, -0.1) is 0 Å². The number of ether oxygens (including phenoxy) is 9. The molecular weight excluding hydrogens is 951 g/mol. The molecule has 31 unspecified atom stereocenters. The molecule has 10 fully saturated rings. The van der Waals surface area contributed by atoms with Crippen LogP contribution in [0.15, 0.2) is 0 Å². The van der Waals surface area contributed by atoms with Crippen molar-refractivity contribution in [3.8, 4) is 0 Å². The lowest BCUT2D eigenvalue weighted by Gasteiger charge is -2.61. The molecule has 0 radical (unpaired) electrons. The second-order valence-corrected chi connectivity index (χ2v) is 24.0. The Bertz CT molecular complexity index is 1830. The van der Waals surface area contributed by atoms with Crippen LogP contribution in [0.3, 0.4) is 0 Å². The van der Waals surface area contributed by atoms with Crippen molar-refractivity contribution in [3.63, 3.8) is 0 Å². The van der Waals surface area contributed by atoms with Crippen LogP contribution >= 0.6 is 0 Å². The summed E-state index contributed by atoms with van der Waals surface area (Å²) in [6.45, 7) is 7.84. The maximum atomic E-state index is 11.8. The highest BCUT2D eigenvalue weighted by atomic mass is 16.8. The van der Waals surface area contributed by atoms with Gasteiger partial charge in [0.1, 0.15) is 97.3 Å². The third kappa shape index (κ3) is 9.26. The minimum atomic E-state index is -1.99. The van der Waals surface area contributed by atoms with E-state index in [9.17, 15) is 61.3 Å². The number of aliphatic hydroxyl groups excluding tert-OH is 12. The number of nitrogens with one attached hydrogen (secondary N) is 1. The standard InChI is InChI=1S/C50H83NO21/c1-20-7-12-50(51-15-20)21(2)32-28(72-50)14-26-24-6-5-22-13-23(8-10-48(22,3)25(24)9-11-49(26,32)4)65-45-40(63)37(60)41(31(18-54)68-45)69-47-43(71-46-39(62)36(59)34(57)29(16-52)66-46)42(35(58)30(17-53)67-47)70-44-38(61)33(56)27(55)19-64-44/h20-47,51-63H,5-19H2,1-4H3. The quantitative estimate of drug-likeness (QED) is 0.0937. The predicted molar refractivity (Wildman–Crippen MR) is 244 cm³/mol. The Morgan fingerprint density at radius 1 is 0.542 bits per heavy atom. The molecule has 6 heterocycles. The van der Waals surface area contributed by atoms with Gasteiger partial charge in [-0.2, -0.15) is 0 Å². The van der Waals surface area contributed by atoms with Gasteiger partial charge in [0.05, 0.1) is 38.6 Å². The molecule has 0 aromatic rings. The summed E-state index contributed by atoms with van der Waals surface area (Å²) in [4.78, 5) is 0. The third-order valence-corrected chi connectivity index (χ3v) is 20.2. The van der Waals surface area contributed by atoms with E-state index in [1.807, 2.05) is 0 Å². The van der Waals surface area contributed by atoms with Gasteiger partial charge in [-0.3, -0.25) is 5.32 Å². The monoisotopic (exact) mass is 1030 g/mol. The first-order valence-electron chi connectivity index (χ1n) is 26.8. The van der Waals surface area contributed by atoms with Gasteiger partial charge in [0.2, 0.25) is 0 Å². The zero-order valence-corrected chi connectivity index (χ0v) is 41.8. The van der Waals surface area contributed by atoms with Crippen molar-refractivity contribution in [2.45, 2.75) is 227 Å². The molecule has 6 aliphatic heterocycles. The van der Waals surface area contributed by atoms with Crippen LogP contribution in [0, 0.1) is 52.3 Å². The summed E-state index contributed by atoms with van der Waals surface area (Å²) in [7, 11) is 0. The summed E-state index contributed by atoms with van der Waals surface area (Å²) >= 11 is 0. The lowest BCUT2D eigenvalue weighted by Crippen LogP contribution is -2.68. The second-order valence-electron chi connectivity index (χ2n) is 24.0. The van der Waals surface area contributed by atoms with Crippen LogP contribution in [0.4, 0.5) is 0 Å². The van der Waals surface area contributed by atoms with E-state index in [1.54, 1.807) is 0 Å². The van der Waals surface area contributed by atoms with Gasteiger partial charge >= 0.3 is 0 Å².